The topological polar surface area (TPSA) is 32.7 Å². The van der Waals surface area contributed by atoms with Crippen LogP contribution in [0.15, 0.2) is 46.3 Å². The third kappa shape index (κ3) is 3.27. The number of hydrogen-bond acceptors (Lipinski definition) is 4. The maximum absolute atomic E-state index is 12.3. The van der Waals surface area contributed by atoms with Crippen molar-refractivity contribution in [1.82, 2.24) is 4.90 Å². The van der Waals surface area contributed by atoms with E-state index in [0.717, 1.165) is 10.6 Å². The summed E-state index contributed by atoms with van der Waals surface area (Å²) in [7, 11) is 1.74. The van der Waals surface area contributed by atoms with Crippen LogP contribution in [0, 0.1) is 6.92 Å². The first kappa shape index (κ1) is 15.3. The lowest BCUT2D eigenvalue weighted by Crippen LogP contribution is -2.23. The number of benzene rings is 1. The van der Waals surface area contributed by atoms with Crippen LogP contribution in [-0.2, 0) is 4.79 Å². The second-order valence-corrected chi connectivity index (χ2v) is 7.56. The van der Waals surface area contributed by atoms with E-state index in [-0.39, 0.29) is 5.91 Å². The number of hydrogen-bond donors (Lipinski definition) is 0. The van der Waals surface area contributed by atoms with Gasteiger partial charge in [0.05, 0.1) is 10.6 Å². The zero-order chi connectivity index (χ0) is 15.7. The molecular formula is C16H13ClN2OS2. The van der Waals surface area contributed by atoms with Gasteiger partial charge in [0.25, 0.3) is 5.91 Å². The number of thiophene rings is 1. The molecule has 0 unspecified atom stereocenters. The Labute approximate surface area is 142 Å². The molecule has 2 heterocycles. The largest absolute Gasteiger partial charge is 0.290 e. The van der Waals surface area contributed by atoms with Crippen LogP contribution in [0.5, 0.6) is 0 Å². The van der Waals surface area contributed by atoms with E-state index in [1.807, 2.05) is 30.3 Å². The molecular weight excluding hydrogens is 336 g/mol. The molecule has 0 N–H and O–H groups in total. The standard InChI is InChI=1S/C16H13ClN2OS2/c1-10-3-8-13(21-10)9-14-15(20)19(2)16(22-14)18-12-6-4-11(17)5-7-12/h3-9H,1-2H3/b14-9-,18-16?. The van der Waals surface area contributed by atoms with Gasteiger partial charge < -0.3 is 0 Å². The molecule has 0 atom stereocenters. The van der Waals surface area contributed by atoms with Gasteiger partial charge in [-0.05, 0) is 61.2 Å². The van der Waals surface area contributed by atoms with Crippen molar-refractivity contribution in [2.24, 2.45) is 4.99 Å². The van der Waals surface area contributed by atoms with Crippen molar-refractivity contribution < 1.29 is 4.79 Å². The molecule has 112 valence electrons. The summed E-state index contributed by atoms with van der Waals surface area (Å²) in [6.07, 6.45) is 1.92. The lowest BCUT2D eigenvalue weighted by atomic mass is 10.3. The maximum Gasteiger partial charge on any atom is 0.266 e. The first-order chi connectivity index (χ1) is 10.5. The molecule has 1 aromatic heterocycles. The van der Waals surface area contributed by atoms with Crippen molar-refractivity contribution in [2.45, 2.75) is 6.92 Å². The molecule has 6 heteroatoms. The second-order valence-electron chi connectivity index (χ2n) is 4.79. The van der Waals surface area contributed by atoms with Crippen LogP contribution in [0.2, 0.25) is 5.02 Å². The highest BCUT2D eigenvalue weighted by Crippen LogP contribution is 2.34. The van der Waals surface area contributed by atoms with Crippen molar-refractivity contribution in [2.75, 3.05) is 7.05 Å². The minimum atomic E-state index is -0.0243. The number of aryl methyl sites for hydroxylation is 1. The average molecular weight is 349 g/mol. The highest BCUT2D eigenvalue weighted by atomic mass is 35.5. The third-order valence-corrected chi connectivity index (χ3v) is 5.35. The van der Waals surface area contributed by atoms with Crippen molar-refractivity contribution in [3.8, 4) is 0 Å². The van der Waals surface area contributed by atoms with Gasteiger partial charge >= 0.3 is 0 Å². The minimum absolute atomic E-state index is 0.0243. The van der Waals surface area contributed by atoms with Crippen LogP contribution in [0.1, 0.15) is 9.75 Å². The summed E-state index contributed by atoms with van der Waals surface area (Å²) in [6, 6.07) is 11.3. The Hall–Kier alpha value is -1.56. The van der Waals surface area contributed by atoms with Gasteiger partial charge in [0.2, 0.25) is 0 Å². The van der Waals surface area contributed by atoms with E-state index in [0.29, 0.717) is 15.1 Å². The number of aliphatic imine (C=N–C) groups is 1. The molecule has 0 saturated carbocycles. The molecule has 1 amide bonds. The molecule has 1 aromatic carbocycles. The van der Waals surface area contributed by atoms with Crippen LogP contribution in [0.4, 0.5) is 5.69 Å². The highest BCUT2D eigenvalue weighted by Gasteiger charge is 2.30. The van der Waals surface area contributed by atoms with E-state index in [1.165, 1.54) is 16.6 Å². The van der Waals surface area contributed by atoms with Crippen LogP contribution >= 0.6 is 34.7 Å². The summed E-state index contributed by atoms with van der Waals surface area (Å²) in [5.74, 6) is -0.0243. The van der Waals surface area contributed by atoms with Gasteiger partial charge in [-0.15, -0.1) is 11.3 Å². The van der Waals surface area contributed by atoms with E-state index in [2.05, 4.69) is 11.9 Å². The summed E-state index contributed by atoms with van der Waals surface area (Å²) in [4.78, 5) is 21.4. The van der Waals surface area contributed by atoms with Crippen LogP contribution in [-0.4, -0.2) is 23.0 Å². The van der Waals surface area contributed by atoms with E-state index in [4.69, 9.17) is 11.6 Å². The predicted molar refractivity (Wildman–Crippen MR) is 95.9 cm³/mol. The first-order valence-corrected chi connectivity index (χ1v) is 8.62. The Morgan fingerprint density at radius 2 is 1.91 bits per heavy atom. The van der Waals surface area contributed by atoms with Gasteiger partial charge in [-0.2, -0.15) is 0 Å². The zero-order valence-electron chi connectivity index (χ0n) is 12.0. The lowest BCUT2D eigenvalue weighted by Gasteiger charge is -2.06. The zero-order valence-corrected chi connectivity index (χ0v) is 14.4. The maximum atomic E-state index is 12.3. The van der Waals surface area contributed by atoms with Gasteiger partial charge in [0.1, 0.15) is 0 Å². The number of likely N-dealkylation sites (N-methyl/N-ethyl adjacent to an activating group) is 1. The number of nitrogens with zero attached hydrogens (tertiary/aromatic N) is 2. The molecule has 3 rings (SSSR count). The summed E-state index contributed by atoms with van der Waals surface area (Å²) >= 11 is 8.93. The second kappa shape index (κ2) is 6.28. The monoisotopic (exact) mass is 348 g/mol. The van der Waals surface area contributed by atoms with E-state index in [9.17, 15) is 4.79 Å². The van der Waals surface area contributed by atoms with E-state index < -0.39 is 0 Å². The fourth-order valence-electron chi connectivity index (χ4n) is 1.94. The van der Waals surface area contributed by atoms with E-state index >= 15 is 0 Å². The van der Waals surface area contributed by atoms with Gasteiger partial charge in [-0.3, -0.25) is 9.69 Å². The van der Waals surface area contributed by atoms with Crippen molar-refractivity contribution in [3.05, 3.63) is 56.1 Å². The molecule has 0 bridgehead atoms. The summed E-state index contributed by atoms with van der Waals surface area (Å²) < 4.78 is 0. The fraction of sp³-hybridized carbons (Fsp3) is 0.125. The third-order valence-electron chi connectivity index (χ3n) is 3.09. The number of carbonyl (C=O) groups excluding carboxylic acids is 1. The molecule has 0 spiro atoms. The number of amidine groups is 1. The fourth-order valence-corrected chi connectivity index (χ4v) is 3.94. The van der Waals surface area contributed by atoms with Crippen molar-refractivity contribution in [1.29, 1.82) is 0 Å². The predicted octanol–water partition coefficient (Wildman–Crippen LogP) is 4.94. The Balaban J connectivity index is 1.88. The van der Waals surface area contributed by atoms with Crippen molar-refractivity contribution >= 4 is 57.5 Å². The van der Waals surface area contributed by atoms with Gasteiger partial charge in [0, 0.05) is 21.8 Å². The Bertz CT molecular complexity index is 778. The number of rotatable bonds is 2. The molecule has 1 saturated heterocycles. The molecule has 2 aromatic rings. The van der Waals surface area contributed by atoms with Crippen LogP contribution < -0.4 is 0 Å². The van der Waals surface area contributed by atoms with E-state index in [1.54, 1.807) is 35.4 Å². The summed E-state index contributed by atoms with van der Waals surface area (Å²) in [5, 5.41) is 1.34. The quantitative estimate of drug-likeness (QED) is 0.720. The average Bonchev–Trinajstić information content (AvgIpc) is 3.01. The molecule has 0 radical (unpaired) electrons. The van der Waals surface area contributed by atoms with Crippen molar-refractivity contribution in [3.63, 3.8) is 0 Å². The highest BCUT2D eigenvalue weighted by molar-refractivity contribution is 8.18. The molecule has 1 aliphatic heterocycles. The SMILES string of the molecule is Cc1ccc(/C=C2\SC(=Nc3ccc(Cl)cc3)N(C)C2=O)s1. The number of amides is 1. The Morgan fingerprint density at radius 3 is 2.55 bits per heavy atom. The number of halogens is 1. The molecule has 1 fully saturated rings. The van der Waals surface area contributed by atoms with Crippen LogP contribution in [0.25, 0.3) is 6.08 Å². The first-order valence-electron chi connectivity index (χ1n) is 6.61. The Kier molecular flexibility index (Phi) is 4.38. The molecule has 1 aliphatic rings. The molecule has 3 nitrogen and oxygen atoms in total. The van der Waals surface area contributed by atoms with Crippen LogP contribution in [0.3, 0.4) is 0 Å². The summed E-state index contributed by atoms with van der Waals surface area (Å²) in [5.41, 5.74) is 0.778. The normalized spacial score (nSPS) is 18.7. The minimum Gasteiger partial charge on any atom is -0.290 e. The number of carbonyl (C=O) groups is 1. The molecule has 22 heavy (non-hydrogen) atoms. The smallest absolute Gasteiger partial charge is 0.266 e. The lowest BCUT2D eigenvalue weighted by molar-refractivity contribution is -0.121. The van der Waals surface area contributed by atoms with Gasteiger partial charge in [-0.1, -0.05) is 11.6 Å². The summed E-state index contributed by atoms with van der Waals surface area (Å²) in [6.45, 7) is 2.05. The Morgan fingerprint density at radius 1 is 1.18 bits per heavy atom. The van der Waals surface area contributed by atoms with Gasteiger partial charge in [0.15, 0.2) is 5.17 Å². The molecule has 0 aliphatic carbocycles. The number of thioether (sulfide) groups is 1. The van der Waals surface area contributed by atoms with Gasteiger partial charge in [-0.25, -0.2) is 4.99 Å².